The number of aryl methyl sites for hydroxylation is 1. The largest absolute Gasteiger partial charge is 0.368 e. The fraction of sp³-hybridized carbons (Fsp3) is 0.625. The number of rotatable bonds is 4. The van der Waals surface area contributed by atoms with E-state index in [2.05, 4.69) is 50.4 Å². The maximum atomic E-state index is 6.19. The Kier molecular flexibility index (Phi) is 4.79. The summed E-state index contributed by atoms with van der Waals surface area (Å²) in [5.41, 5.74) is 2.69. The van der Waals surface area contributed by atoms with Crippen LogP contribution in [0.15, 0.2) is 24.3 Å². The van der Waals surface area contributed by atoms with E-state index in [0.29, 0.717) is 12.0 Å². The molecule has 1 heterocycles. The number of benzene rings is 1. The van der Waals surface area contributed by atoms with Crippen molar-refractivity contribution in [1.82, 2.24) is 5.32 Å². The summed E-state index contributed by atoms with van der Waals surface area (Å²) >= 11 is 0. The Bertz CT molecular complexity index is 358. The van der Waals surface area contributed by atoms with E-state index in [9.17, 15) is 0 Å². The standard InChI is InChI=1S/C16H25NO/c1-4-13-5-7-14(8-6-13)16-11-17-10-15(18-16)9-12(2)3/h5-8,12,15-17H,4,9-11H2,1-3H3. The normalized spacial score (nSPS) is 24.4. The number of hydrogen-bond acceptors (Lipinski definition) is 2. The fourth-order valence-corrected chi connectivity index (χ4v) is 2.53. The molecule has 1 fully saturated rings. The summed E-state index contributed by atoms with van der Waals surface area (Å²) in [7, 11) is 0. The third-order valence-electron chi connectivity index (χ3n) is 3.55. The van der Waals surface area contributed by atoms with Crippen LogP contribution in [0.4, 0.5) is 0 Å². The lowest BCUT2D eigenvalue weighted by atomic mass is 10.0. The maximum Gasteiger partial charge on any atom is 0.0953 e. The van der Waals surface area contributed by atoms with Crippen molar-refractivity contribution in [1.29, 1.82) is 0 Å². The van der Waals surface area contributed by atoms with Crippen LogP contribution in [0.1, 0.15) is 44.4 Å². The molecule has 0 spiro atoms. The summed E-state index contributed by atoms with van der Waals surface area (Å²) < 4.78 is 6.19. The minimum atomic E-state index is 0.216. The highest BCUT2D eigenvalue weighted by molar-refractivity contribution is 5.24. The average molecular weight is 247 g/mol. The summed E-state index contributed by atoms with van der Waals surface area (Å²) in [5.74, 6) is 0.693. The van der Waals surface area contributed by atoms with E-state index in [0.717, 1.165) is 25.9 Å². The van der Waals surface area contributed by atoms with E-state index >= 15 is 0 Å². The van der Waals surface area contributed by atoms with Crippen LogP contribution >= 0.6 is 0 Å². The molecule has 1 aromatic carbocycles. The van der Waals surface area contributed by atoms with Crippen LogP contribution in [0, 0.1) is 5.92 Å². The number of hydrogen-bond donors (Lipinski definition) is 1. The van der Waals surface area contributed by atoms with E-state index in [-0.39, 0.29) is 6.10 Å². The molecule has 0 saturated carbocycles. The van der Waals surface area contributed by atoms with Crippen molar-refractivity contribution in [3.8, 4) is 0 Å². The molecular formula is C16H25NO. The molecule has 18 heavy (non-hydrogen) atoms. The molecule has 1 aliphatic rings. The van der Waals surface area contributed by atoms with E-state index in [1.807, 2.05) is 0 Å². The third kappa shape index (κ3) is 3.56. The minimum Gasteiger partial charge on any atom is -0.368 e. The van der Waals surface area contributed by atoms with Crippen LogP contribution in [0.5, 0.6) is 0 Å². The average Bonchev–Trinajstić information content (AvgIpc) is 2.38. The van der Waals surface area contributed by atoms with Crippen molar-refractivity contribution in [2.45, 2.75) is 45.8 Å². The Balaban J connectivity index is 1.98. The van der Waals surface area contributed by atoms with Gasteiger partial charge in [0.25, 0.3) is 0 Å². The first-order valence-electron chi connectivity index (χ1n) is 7.14. The van der Waals surface area contributed by atoms with Gasteiger partial charge in [0.1, 0.15) is 0 Å². The molecule has 0 aliphatic carbocycles. The fourth-order valence-electron chi connectivity index (χ4n) is 2.53. The highest BCUT2D eigenvalue weighted by Crippen LogP contribution is 2.24. The lowest BCUT2D eigenvalue weighted by Gasteiger charge is -2.32. The molecule has 0 aromatic heterocycles. The molecule has 2 rings (SSSR count). The molecule has 2 atom stereocenters. The van der Waals surface area contributed by atoms with Crippen molar-refractivity contribution in [2.75, 3.05) is 13.1 Å². The van der Waals surface area contributed by atoms with Gasteiger partial charge in [-0.25, -0.2) is 0 Å². The number of nitrogens with one attached hydrogen (secondary N) is 1. The summed E-state index contributed by atoms with van der Waals surface area (Å²) in [6.45, 7) is 8.61. The monoisotopic (exact) mass is 247 g/mol. The zero-order valence-corrected chi connectivity index (χ0v) is 11.8. The van der Waals surface area contributed by atoms with Crippen molar-refractivity contribution in [3.05, 3.63) is 35.4 Å². The summed E-state index contributed by atoms with van der Waals surface area (Å²) in [4.78, 5) is 0. The SMILES string of the molecule is CCc1ccc(C2CNCC(CC(C)C)O2)cc1. The van der Waals surface area contributed by atoms with Gasteiger partial charge in [-0.2, -0.15) is 0 Å². The zero-order chi connectivity index (χ0) is 13.0. The van der Waals surface area contributed by atoms with Gasteiger partial charge in [-0.3, -0.25) is 0 Å². The predicted octanol–water partition coefficient (Wildman–Crippen LogP) is 3.32. The van der Waals surface area contributed by atoms with Crippen LogP contribution in [-0.2, 0) is 11.2 Å². The second kappa shape index (κ2) is 6.35. The third-order valence-corrected chi connectivity index (χ3v) is 3.55. The van der Waals surface area contributed by atoms with E-state index in [4.69, 9.17) is 4.74 Å². The Hall–Kier alpha value is -0.860. The van der Waals surface area contributed by atoms with E-state index < -0.39 is 0 Å². The topological polar surface area (TPSA) is 21.3 Å². The van der Waals surface area contributed by atoms with Crippen LogP contribution in [0.25, 0.3) is 0 Å². The zero-order valence-electron chi connectivity index (χ0n) is 11.8. The van der Waals surface area contributed by atoms with Gasteiger partial charge < -0.3 is 10.1 Å². The molecule has 2 heteroatoms. The second-order valence-corrected chi connectivity index (χ2v) is 5.63. The van der Waals surface area contributed by atoms with Crippen LogP contribution in [0.2, 0.25) is 0 Å². The summed E-state index contributed by atoms with van der Waals surface area (Å²) in [5, 5.41) is 3.49. The van der Waals surface area contributed by atoms with Crippen LogP contribution in [-0.4, -0.2) is 19.2 Å². The predicted molar refractivity (Wildman–Crippen MR) is 75.8 cm³/mol. The van der Waals surface area contributed by atoms with Gasteiger partial charge in [-0.15, -0.1) is 0 Å². The summed E-state index contributed by atoms with van der Waals surface area (Å²) in [6.07, 6.45) is 2.80. The lowest BCUT2D eigenvalue weighted by Crippen LogP contribution is -2.41. The molecule has 100 valence electrons. The van der Waals surface area contributed by atoms with Gasteiger partial charge in [0.15, 0.2) is 0 Å². The van der Waals surface area contributed by atoms with Crippen LogP contribution in [0.3, 0.4) is 0 Å². The molecule has 0 amide bonds. The smallest absolute Gasteiger partial charge is 0.0953 e. The first-order chi connectivity index (χ1) is 8.69. The number of ether oxygens (including phenoxy) is 1. The lowest BCUT2D eigenvalue weighted by molar-refractivity contribution is -0.0474. The Morgan fingerprint density at radius 3 is 2.56 bits per heavy atom. The molecular weight excluding hydrogens is 222 g/mol. The molecule has 2 nitrogen and oxygen atoms in total. The quantitative estimate of drug-likeness (QED) is 0.881. The molecule has 0 bridgehead atoms. The van der Waals surface area contributed by atoms with Crippen molar-refractivity contribution in [2.24, 2.45) is 5.92 Å². The van der Waals surface area contributed by atoms with Gasteiger partial charge in [0.05, 0.1) is 12.2 Å². The Morgan fingerprint density at radius 1 is 1.22 bits per heavy atom. The first kappa shape index (κ1) is 13.6. The van der Waals surface area contributed by atoms with Gasteiger partial charge in [-0.1, -0.05) is 45.0 Å². The molecule has 2 unspecified atom stereocenters. The molecule has 1 aliphatic heterocycles. The summed E-state index contributed by atoms with van der Waals surface area (Å²) in [6, 6.07) is 8.85. The van der Waals surface area contributed by atoms with E-state index in [1.54, 1.807) is 0 Å². The number of morpholine rings is 1. The van der Waals surface area contributed by atoms with Crippen molar-refractivity contribution >= 4 is 0 Å². The van der Waals surface area contributed by atoms with Gasteiger partial charge in [0, 0.05) is 13.1 Å². The minimum absolute atomic E-state index is 0.216. The molecule has 1 N–H and O–H groups in total. The molecule has 0 radical (unpaired) electrons. The molecule has 1 saturated heterocycles. The Labute approximate surface area is 111 Å². The van der Waals surface area contributed by atoms with Crippen LogP contribution < -0.4 is 5.32 Å². The maximum absolute atomic E-state index is 6.19. The molecule has 1 aromatic rings. The first-order valence-corrected chi connectivity index (χ1v) is 7.14. The highest BCUT2D eigenvalue weighted by Gasteiger charge is 2.23. The van der Waals surface area contributed by atoms with E-state index in [1.165, 1.54) is 11.1 Å². The van der Waals surface area contributed by atoms with Crippen molar-refractivity contribution in [3.63, 3.8) is 0 Å². The van der Waals surface area contributed by atoms with Gasteiger partial charge in [0.2, 0.25) is 0 Å². The Morgan fingerprint density at radius 2 is 1.94 bits per heavy atom. The van der Waals surface area contributed by atoms with Crippen molar-refractivity contribution < 1.29 is 4.74 Å². The van der Waals surface area contributed by atoms with Gasteiger partial charge in [-0.05, 0) is 29.9 Å². The highest BCUT2D eigenvalue weighted by atomic mass is 16.5. The second-order valence-electron chi connectivity index (χ2n) is 5.63. The van der Waals surface area contributed by atoms with Gasteiger partial charge >= 0.3 is 0 Å².